The maximum atomic E-state index is 10.2. The molecule has 0 aliphatic carbocycles. The third-order valence-corrected chi connectivity index (χ3v) is 3.92. The van der Waals surface area contributed by atoms with Gasteiger partial charge in [-0.15, -0.1) is 0 Å². The summed E-state index contributed by atoms with van der Waals surface area (Å²) < 4.78 is 0. The predicted molar refractivity (Wildman–Crippen MR) is 107 cm³/mol. The van der Waals surface area contributed by atoms with Gasteiger partial charge in [0.2, 0.25) is 0 Å². The van der Waals surface area contributed by atoms with Crippen molar-refractivity contribution in [2.24, 2.45) is 0 Å². The van der Waals surface area contributed by atoms with E-state index in [1.807, 2.05) is 0 Å². The number of carboxylic acids is 3. The number of carbonyl (C=O) groups excluding carboxylic acids is 3. The average Bonchev–Trinajstić information content (AvgIpc) is 2.79. The summed E-state index contributed by atoms with van der Waals surface area (Å²) in [4.78, 5) is 30.6. The van der Waals surface area contributed by atoms with Crippen molar-refractivity contribution < 1.29 is 114 Å². The summed E-state index contributed by atoms with van der Waals surface area (Å²) in [5.41, 5.74) is -1.20. The molecule has 0 saturated carbocycles. The van der Waals surface area contributed by atoms with E-state index in [2.05, 4.69) is 0 Å². The summed E-state index contributed by atoms with van der Waals surface area (Å²) in [7, 11) is 0. The Morgan fingerprint density at radius 3 is 0.649 bits per heavy atom. The zero-order valence-corrected chi connectivity index (χ0v) is 19.9. The van der Waals surface area contributed by atoms with E-state index in [-0.39, 0.29) is 38.6 Å². The van der Waals surface area contributed by atoms with E-state index in [0.29, 0.717) is 0 Å². The van der Waals surface area contributed by atoms with E-state index in [1.54, 1.807) is 0 Å². The number of aromatic hydroxyl groups is 9. The largest absolute Gasteiger partial charge is 3.00 e. The molecule has 9 N–H and O–H groups in total. The van der Waals surface area contributed by atoms with Gasteiger partial charge < -0.3 is 75.7 Å². The molecule has 3 aromatic carbocycles. The van der Waals surface area contributed by atoms with Gasteiger partial charge in [-0.25, -0.2) is 0 Å². The van der Waals surface area contributed by atoms with Crippen LogP contribution in [0.3, 0.4) is 0 Å². The number of phenols is 9. The summed E-state index contributed by atoms with van der Waals surface area (Å²) in [5.74, 6) is -11.1. The first-order valence-electron chi connectivity index (χ1n) is 8.95. The van der Waals surface area contributed by atoms with Crippen molar-refractivity contribution in [3.63, 3.8) is 0 Å². The molecule has 37 heavy (non-hydrogen) atoms. The summed E-state index contributed by atoms with van der Waals surface area (Å²) in [6.45, 7) is 0. The molecule has 16 heteroatoms. The molecule has 0 amide bonds. The van der Waals surface area contributed by atoms with Crippen LogP contribution in [-0.2, 0) is 0 Å². The second-order valence-electron chi connectivity index (χ2n) is 6.45. The second-order valence-corrected chi connectivity index (χ2v) is 6.45. The maximum absolute atomic E-state index is 10.2. The monoisotopic (exact) mass is 666 g/mol. The Kier molecular flexibility index (Phi) is 12.0. The SMILES string of the molecule is O=C([O-])c1cc(O)c(O)c(O)c1.O=C([O-])c1cc(O)c(O)c(O)c1.O=C([O-])c1cc(O)c(O)c(O)c1.[Tb+3]. The van der Waals surface area contributed by atoms with Crippen LogP contribution in [0.4, 0.5) is 0 Å². The van der Waals surface area contributed by atoms with Gasteiger partial charge in [-0.2, -0.15) is 0 Å². The van der Waals surface area contributed by atoms with Crippen molar-refractivity contribution in [1.29, 1.82) is 0 Å². The number of hydrogen-bond donors (Lipinski definition) is 9. The molecular weight excluding hydrogens is 651 g/mol. The fraction of sp³-hybridized carbons (Fsp3) is 0. The molecule has 0 unspecified atom stereocenters. The molecule has 0 atom stereocenters. The van der Waals surface area contributed by atoms with Crippen LogP contribution in [0.1, 0.15) is 31.1 Å². The van der Waals surface area contributed by atoms with Crippen LogP contribution in [0.15, 0.2) is 36.4 Å². The van der Waals surface area contributed by atoms with Gasteiger partial charge in [0.25, 0.3) is 0 Å². The van der Waals surface area contributed by atoms with Crippen molar-refractivity contribution in [1.82, 2.24) is 0 Å². The van der Waals surface area contributed by atoms with Crippen LogP contribution in [0.2, 0.25) is 0 Å². The standard InChI is InChI=1S/3C7H6O5.Tb/c3*8-4-1-3(7(11)12)2-5(9)6(4)10;/h3*1-2,8-10H,(H,11,12);/q;;;+3/p-3. The van der Waals surface area contributed by atoms with Gasteiger partial charge in [0.15, 0.2) is 51.7 Å². The summed E-state index contributed by atoms with van der Waals surface area (Å²) in [6.07, 6.45) is 0. The summed E-state index contributed by atoms with van der Waals surface area (Å²) >= 11 is 0. The molecule has 0 bridgehead atoms. The maximum Gasteiger partial charge on any atom is 3.00 e. The number of carbonyl (C=O) groups is 3. The zero-order chi connectivity index (χ0) is 27.9. The fourth-order valence-corrected chi connectivity index (χ4v) is 2.17. The van der Waals surface area contributed by atoms with Crippen molar-refractivity contribution >= 4 is 17.9 Å². The van der Waals surface area contributed by atoms with Crippen LogP contribution in [0.25, 0.3) is 0 Å². The van der Waals surface area contributed by atoms with Crippen molar-refractivity contribution in [2.45, 2.75) is 0 Å². The van der Waals surface area contributed by atoms with E-state index in [4.69, 9.17) is 46.0 Å². The third-order valence-electron chi connectivity index (χ3n) is 3.92. The molecule has 0 fully saturated rings. The predicted octanol–water partition coefficient (Wildman–Crippen LogP) is -2.50. The van der Waals surface area contributed by atoms with Crippen LogP contribution >= 0.6 is 0 Å². The minimum atomic E-state index is -1.54. The van der Waals surface area contributed by atoms with Gasteiger partial charge in [-0.1, -0.05) is 0 Å². The molecule has 0 aliphatic heterocycles. The summed E-state index contributed by atoms with van der Waals surface area (Å²) in [6, 6.07) is 4.69. The number of benzene rings is 3. The molecule has 0 saturated heterocycles. The van der Waals surface area contributed by atoms with Crippen LogP contribution < -0.4 is 15.3 Å². The van der Waals surface area contributed by atoms with Gasteiger partial charge in [0.05, 0.1) is 17.9 Å². The number of carboxylic acid groups (broad SMARTS) is 3. The number of phenolic OH excluding ortho intramolecular Hbond substituents is 9. The van der Waals surface area contributed by atoms with E-state index >= 15 is 0 Å². The Balaban J connectivity index is 0.000000518. The minimum Gasteiger partial charge on any atom is -0.545 e. The van der Waals surface area contributed by atoms with E-state index < -0.39 is 86.3 Å². The Labute approximate surface area is 236 Å². The number of hydrogen-bond acceptors (Lipinski definition) is 15. The molecule has 0 spiro atoms. The Morgan fingerprint density at radius 1 is 0.405 bits per heavy atom. The molecule has 0 aromatic heterocycles. The quantitative estimate of drug-likeness (QED) is 0.131. The van der Waals surface area contributed by atoms with Gasteiger partial charge in [0, 0.05) is 16.7 Å². The normalized spacial score (nSPS) is 9.41. The Bertz CT molecular complexity index is 1090. The Morgan fingerprint density at radius 2 is 0.541 bits per heavy atom. The van der Waals surface area contributed by atoms with Gasteiger partial charge in [-0.3, -0.25) is 0 Å². The van der Waals surface area contributed by atoms with Crippen molar-refractivity contribution in [2.75, 3.05) is 0 Å². The van der Waals surface area contributed by atoms with E-state index in [1.165, 1.54) is 0 Å². The molecule has 3 rings (SSSR count). The van der Waals surface area contributed by atoms with Crippen LogP contribution in [-0.4, -0.2) is 63.9 Å². The average molecular weight is 666 g/mol. The number of rotatable bonds is 3. The molecule has 0 heterocycles. The first-order chi connectivity index (χ1) is 16.6. The van der Waals surface area contributed by atoms with Crippen molar-refractivity contribution in [3.05, 3.63) is 53.1 Å². The molecule has 198 valence electrons. The molecule has 0 radical (unpaired) electrons. The third kappa shape index (κ3) is 8.93. The summed E-state index contributed by atoms with van der Waals surface area (Å²) in [5, 5.41) is 110. The van der Waals surface area contributed by atoms with Gasteiger partial charge >= 0.3 is 38.6 Å². The van der Waals surface area contributed by atoms with E-state index in [0.717, 1.165) is 36.4 Å². The van der Waals surface area contributed by atoms with E-state index in [9.17, 15) is 29.7 Å². The molecule has 0 aliphatic rings. The Hall–Kier alpha value is -4.44. The fourth-order valence-electron chi connectivity index (χ4n) is 2.17. The topological polar surface area (TPSA) is 302 Å². The van der Waals surface area contributed by atoms with Crippen LogP contribution in [0.5, 0.6) is 51.7 Å². The van der Waals surface area contributed by atoms with Gasteiger partial charge in [0.1, 0.15) is 0 Å². The number of aromatic carboxylic acids is 3. The first-order valence-corrected chi connectivity index (χ1v) is 8.95. The van der Waals surface area contributed by atoms with Crippen LogP contribution in [0, 0.1) is 38.6 Å². The van der Waals surface area contributed by atoms with Gasteiger partial charge in [-0.05, 0) is 36.4 Å². The second kappa shape index (κ2) is 13.6. The molecule has 15 nitrogen and oxygen atoms in total. The molecular formula is C21H15O15Tb. The molecule has 3 aromatic rings. The minimum absolute atomic E-state index is 0. The zero-order valence-electron chi connectivity index (χ0n) is 17.8. The first kappa shape index (κ1) is 32.6. The van der Waals surface area contributed by atoms with Crippen molar-refractivity contribution in [3.8, 4) is 51.7 Å². The smallest absolute Gasteiger partial charge is 0.545 e.